The maximum absolute atomic E-state index is 13.6. The molecule has 2 heterocycles. The Kier molecular flexibility index (Phi) is 6.18. The molecule has 1 saturated heterocycles. The van der Waals surface area contributed by atoms with E-state index in [1.807, 2.05) is 19.9 Å². The summed E-state index contributed by atoms with van der Waals surface area (Å²) >= 11 is 1.31. The lowest BCUT2D eigenvalue weighted by molar-refractivity contribution is -0.133. The Balaban J connectivity index is 1.69. The molecule has 8 heteroatoms. The zero-order valence-electron chi connectivity index (χ0n) is 15.4. The molecule has 1 fully saturated rings. The van der Waals surface area contributed by atoms with Crippen molar-refractivity contribution in [2.45, 2.75) is 26.3 Å². The normalized spacial score (nSPS) is 17.2. The van der Waals surface area contributed by atoms with Crippen LogP contribution in [-0.2, 0) is 16.0 Å². The maximum Gasteiger partial charge on any atom is 0.229 e. The van der Waals surface area contributed by atoms with Gasteiger partial charge in [-0.15, -0.1) is 11.3 Å². The smallest absolute Gasteiger partial charge is 0.229 e. The van der Waals surface area contributed by atoms with Crippen molar-refractivity contribution in [3.8, 4) is 0 Å². The molecule has 1 atom stereocenters. The van der Waals surface area contributed by atoms with Crippen LogP contribution in [0.25, 0.3) is 0 Å². The van der Waals surface area contributed by atoms with Crippen LogP contribution in [0.5, 0.6) is 0 Å². The molecule has 1 aliphatic rings. The van der Waals surface area contributed by atoms with E-state index < -0.39 is 0 Å². The van der Waals surface area contributed by atoms with Crippen LogP contribution in [0.2, 0.25) is 0 Å². The molecule has 1 aromatic carbocycles. The first-order chi connectivity index (χ1) is 12.9. The zero-order valence-corrected chi connectivity index (χ0v) is 16.2. The highest BCUT2D eigenvalue weighted by Crippen LogP contribution is 2.24. The van der Waals surface area contributed by atoms with E-state index in [0.717, 1.165) is 5.56 Å². The summed E-state index contributed by atoms with van der Waals surface area (Å²) in [5, 5.41) is 8.29. The summed E-state index contributed by atoms with van der Waals surface area (Å²) in [5.74, 6) is -0.601. The molecule has 1 aromatic heterocycles. The number of amides is 2. The van der Waals surface area contributed by atoms with Crippen molar-refractivity contribution in [2.24, 2.45) is 5.92 Å². The second-order valence-electron chi connectivity index (χ2n) is 6.83. The summed E-state index contributed by atoms with van der Waals surface area (Å²) in [4.78, 5) is 30.7. The van der Waals surface area contributed by atoms with Gasteiger partial charge < -0.3 is 15.5 Å². The van der Waals surface area contributed by atoms with E-state index in [1.54, 1.807) is 16.3 Å². The van der Waals surface area contributed by atoms with Crippen LogP contribution in [0.1, 0.15) is 31.1 Å². The number of hydrogen-bond acceptors (Lipinski definition) is 5. The Morgan fingerprint density at radius 3 is 3.00 bits per heavy atom. The van der Waals surface area contributed by atoms with Crippen molar-refractivity contribution in [3.63, 3.8) is 0 Å². The molecule has 6 nitrogen and oxygen atoms in total. The fourth-order valence-corrected chi connectivity index (χ4v) is 3.68. The third-order valence-corrected chi connectivity index (χ3v) is 5.24. The van der Waals surface area contributed by atoms with Crippen molar-refractivity contribution in [3.05, 3.63) is 46.7 Å². The van der Waals surface area contributed by atoms with Crippen LogP contribution < -0.4 is 10.6 Å². The monoisotopic (exact) mass is 390 g/mol. The highest BCUT2D eigenvalue weighted by atomic mass is 32.1. The lowest BCUT2D eigenvalue weighted by atomic mass is 10.0. The SMILES string of the molecule is CC(C)C(=O)Nc1nc(CC(=O)N2CCNCC2c2cccc(F)c2)cs1. The van der Waals surface area contributed by atoms with Crippen LogP contribution in [-0.4, -0.2) is 41.3 Å². The van der Waals surface area contributed by atoms with Crippen LogP contribution in [0.4, 0.5) is 9.52 Å². The highest BCUT2D eigenvalue weighted by molar-refractivity contribution is 7.13. The fraction of sp³-hybridized carbons (Fsp3) is 0.421. The first-order valence-electron chi connectivity index (χ1n) is 8.95. The lowest BCUT2D eigenvalue weighted by Gasteiger charge is -2.36. The minimum atomic E-state index is -0.310. The average Bonchev–Trinajstić information content (AvgIpc) is 3.08. The van der Waals surface area contributed by atoms with Gasteiger partial charge in [0.1, 0.15) is 5.82 Å². The molecule has 0 aliphatic carbocycles. The summed E-state index contributed by atoms with van der Waals surface area (Å²) in [7, 11) is 0. The van der Waals surface area contributed by atoms with Crippen molar-refractivity contribution >= 4 is 28.3 Å². The molecule has 2 amide bonds. The number of hydrogen-bond donors (Lipinski definition) is 2. The molecule has 3 rings (SSSR count). The molecule has 0 spiro atoms. The van der Waals surface area contributed by atoms with Crippen LogP contribution >= 0.6 is 11.3 Å². The molecule has 2 aromatic rings. The number of carbonyl (C=O) groups excluding carboxylic acids is 2. The summed E-state index contributed by atoms with van der Waals surface area (Å²) < 4.78 is 13.6. The van der Waals surface area contributed by atoms with E-state index in [-0.39, 0.29) is 36.0 Å². The fourth-order valence-electron chi connectivity index (χ4n) is 2.97. The third kappa shape index (κ3) is 4.90. The number of benzene rings is 1. The molecule has 144 valence electrons. The molecule has 27 heavy (non-hydrogen) atoms. The highest BCUT2D eigenvalue weighted by Gasteiger charge is 2.28. The van der Waals surface area contributed by atoms with Crippen molar-refractivity contribution < 1.29 is 14.0 Å². The van der Waals surface area contributed by atoms with Gasteiger partial charge in [0.2, 0.25) is 11.8 Å². The largest absolute Gasteiger partial charge is 0.333 e. The number of carbonyl (C=O) groups is 2. The Bertz CT molecular complexity index is 824. The number of nitrogens with zero attached hydrogens (tertiary/aromatic N) is 2. The molecular weight excluding hydrogens is 367 g/mol. The number of rotatable bonds is 5. The Morgan fingerprint density at radius 2 is 2.26 bits per heavy atom. The van der Waals surface area contributed by atoms with Gasteiger partial charge in [0, 0.05) is 30.9 Å². The van der Waals surface area contributed by atoms with Crippen LogP contribution in [0, 0.1) is 11.7 Å². The predicted octanol–water partition coefficient (Wildman–Crippen LogP) is 2.59. The topological polar surface area (TPSA) is 74.3 Å². The van der Waals surface area contributed by atoms with Crippen molar-refractivity contribution in [1.29, 1.82) is 0 Å². The van der Waals surface area contributed by atoms with Gasteiger partial charge in [-0.05, 0) is 17.7 Å². The van der Waals surface area contributed by atoms with Gasteiger partial charge in [-0.1, -0.05) is 26.0 Å². The van der Waals surface area contributed by atoms with Gasteiger partial charge in [0.15, 0.2) is 5.13 Å². The van der Waals surface area contributed by atoms with Gasteiger partial charge in [0.05, 0.1) is 18.2 Å². The van der Waals surface area contributed by atoms with Crippen LogP contribution in [0.15, 0.2) is 29.6 Å². The molecule has 1 unspecified atom stereocenters. The first-order valence-corrected chi connectivity index (χ1v) is 9.83. The number of halogens is 1. The molecular formula is C19H23FN4O2S. The quantitative estimate of drug-likeness (QED) is 0.823. The van der Waals surface area contributed by atoms with Gasteiger partial charge in [-0.3, -0.25) is 9.59 Å². The molecule has 0 radical (unpaired) electrons. The predicted molar refractivity (Wildman–Crippen MR) is 103 cm³/mol. The van der Waals surface area contributed by atoms with Crippen LogP contribution in [0.3, 0.4) is 0 Å². The Hall–Kier alpha value is -2.32. The van der Waals surface area contributed by atoms with E-state index in [0.29, 0.717) is 30.5 Å². The zero-order chi connectivity index (χ0) is 19.4. The third-order valence-electron chi connectivity index (χ3n) is 4.44. The van der Waals surface area contributed by atoms with Gasteiger partial charge in [-0.25, -0.2) is 9.37 Å². The van der Waals surface area contributed by atoms with Gasteiger partial charge in [0.25, 0.3) is 0 Å². The summed E-state index contributed by atoms with van der Waals surface area (Å²) in [5.41, 5.74) is 1.40. The average molecular weight is 390 g/mol. The number of piperazine rings is 1. The minimum absolute atomic E-state index is 0.0576. The number of nitrogens with one attached hydrogen (secondary N) is 2. The molecule has 1 aliphatic heterocycles. The summed E-state index contributed by atoms with van der Waals surface area (Å²) in [6.45, 7) is 5.46. The van der Waals surface area contributed by atoms with Crippen molar-refractivity contribution in [2.75, 3.05) is 25.0 Å². The van der Waals surface area contributed by atoms with E-state index in [2.05, 4.69) is 15.6 Å². The van der Waals surface area contributed by atoms with E-state index in [1.165, 1.54) is 23.5 Å². The van der Waals surface area contributed by atoms with E-state index in [4.69, 9.17) is 0 Å². The van der Waals surface area contributed by atoms with E-state index in [9.17, 15) is 14.0 Å². The summed E-state index contributed by atoms with van der Waals surface area (Å²) in [6.07, 6.45) is 0.153. The minimum Gasteiger partial charge on any atom is -0.333 e. The summed E-state index contributed by atoms with van der Waals surface area (Å²) in [6, 6.07) is 6.16. The Labute approximate surface area is 161 Å². The first kappa shape index (κ1) is 19.4. The maximum atomic E-state index is 13.6. The standard InChI is InChI=1S/C19H23FN4O2S/c1-12(2)18(26)23-19-22-15(11-27-19)9-17(25)24-7-6-21-10-16(24)13-4-3-5-14(20)8-13/h3-5,8,11-12,16,21H,6-7,9-10H2,1-2H3,(H,22,23,26). The van der Waals surface area contributed by atoms with Crippen molar-refractivity contribution in [1.82, 2.24) is 15.2 Å². The molecule has 0 bridgehead atoms. The number of thiazole rings is 1. The van der Waals surface area contributed by atoms with Gasteiger partial charge >= 0.3 is 0 Å². The molecule has 0 saturated carbocycles. The molecule has 2 N–H and O–H groups in total. The number of aromatic nitrogens is 1. The lowest BCUT2D eigenvalue weighted by Crippen LogP contribution is -2.49. The number of anilines is 1. The van der Waals surface area contributed by atoms with Gasteiger partial charge in [-0.2, -0.15) is 0 Å². The Morgan fingerprint density at radius 1 is 1.44 bits per heavy atom. The second kappa shape index (κ2) is 8.58. The second-order valence-corrected chi connectivity index (χ2v) is 7.68. The van der Waals surface area contributed by atoms with E-state index >= 15 is 0 Å².